The van der Waals surface area contributed by atoms with Gasteiger partial charge in [0.05, 0.1) is 14.2 Å². The Labute approximate surface area is 168 Å². The van der Waals surface area contributed by atoms with E-state index in [2.05, 4.69) is 45.3 Å². The molecule has 0 saturated carbocycles. The van der Waals surface area contributed by atoms with Gasteiger partial charge >= 0.3 is 6.03 Å². The molecule has 5 nitrogen and oxygen atoms in total. The van der Waals surface area contributed by atoms with Gasteiger partial charge in [-0.15, -0.1) is 0 Å². The van der Waals surface area contributed by atoms with Crippen LogP contribution < -0.4 is 20.1 Å². The molecule has 2 rings (SSSR count). The summed E-state index contributed by atoms with van der Waals surface area (Å²) in [5.74, 6) is 1.36. The van der Waals surface area contributed by atoms with Crippen LogP contribution in [0.4, 0.5) is 10.5 Å². The third-order valence-corrected chi connectivity index (χ3v) is 4.84. The van der Waals surface area contributed by atoms with Gasteiger partial charge in [0.25, 0.3) is 0 Å². The van der Waals surface area contributed by atoms with Gasteiger partial charge in [-0.25, -0.2) is 4.79 Å². The Kier molecular flexibility index (Phi) is 6.60. The first-order valence-electron chi connectivity index (χ1n) is 9.45. The van der Waals surface area contributed by atoms with Crippen LogP contribution in [0.25, 0.3) is 0 Å². The van der Waals surface area contributed by atoms with Gasteiger partial charge in [0, 0.05) is 17.6 Å². The molecule has 0 bridgehead atoms. The van der Waals surface area contributed by atoms with E-state index >= 15 is 0 Å². The van der Waals surface area contributed by atoms with Crippen molar-refractivity contribution in [2.45, 2.75) is 45.4 Å². The molecule has 0 saturated heterocycles. The van der Waals surface area contributed by atoms with Crippen molar-refractivity contribution in [2.75, 3.05) is 26.1 Å². The van der Waals surface area contributed by atoms with E-state index in [-0.39, 0.29) is 16.9 Å². The Hall–Kier alpha value is -2.69. The van der Waals surface area contributed by atoms with Crippen molar-refractivity contribution in [3.05, 3.63) is 53.6 Å². The lowest BCUT2D eigenvalue weighted by Crippen LogP contribution is -2.39. The molecule has 2 amide bonds. The van der Waals surface area contributed by atoms with Gasteiger partial charge < -0.3 is 20.1 Å². The molecule has 5 heteroatoms. The number of para-hydroxylation sites is 1. The van der Waals surface area contributed by atoms with Crippen LogP contribution in [-0.4, -0.2) is 26.8 Å². The average Bonchev–Trinajstić information content (AvgIpc) is 2.65. The molecule has 0 aliphatic carbocycles. The Morgan fingerprint density at radius 1 is 0.929 bits per heavy atom. The van der Waals surface area contributed by atoms with Crippen LogP contribution in [0.5, 0.6) is 11.5 Å². The molecule has 0 aliphatic rings. The minimum Gasteiger partial charge on any atom is -0.493 e. The number of amides is 2. The molecular formula is C23H32N2O3. The number of ether oxygens (including phenoxy) is 2. The fraction of sp³-hybridized carbons (Fsp3) is 0.435. The molecule has 2 N–H and O–H groups in total. The second-order valence-electron chi connectivity index (χ2n) is 8.56. The fourth-order valence-electron chi connectivity index (χ4n) is 3.07. The topological polar surface area (TPSA) is 59.6 Å². The summed E-state index contributed by atoms with van der Waals surface area (Å²) < 4.78 is 10.7. The van der Waals surface area contributed by atoms with Crippen molar-refractivity contribution in [2.24, 2.45) is 0 Å². The standard InChI is InChI=1S/C23H32N2O3/c1-22(2,3)17-10-8-9-11-18(17)25-21(26)24-15-23(4,5)16-12-13-19(27-6)20(14-16)28-7/h8-14H,15H2,1-7H3,(H2,24,25,26). The van der Waals surface area contributed by atoms with E-state index < -0.39 is 0 Å². The maximum Gasteiger partial charge on any atom is 0.319 e. The van der Waals surface area contributed by atoms with Crippen molar-refractivity contribution >= 4 is 11.7 Å². The first-order chi connectivity index (χ1) is 13.1. The SMILES string of the molecule is COc1ccc(C(C)(C)CNC(=O)Nc2ccccc2C(C)(C)C)cc1OC. The van der Waals surface area contributed by atoms with E-state index in [1.165, 1.54) is 0 Å². The third kappa shape index (κ3) is 5.18. The van der Waals surface area contributed by atoms with E-state index in [9.17, 15) is 4.79 Å². The molecule has 152 valence electrons. The Morgan fingerprint density at radius 2 is 1.57 bits per heavy atom. The van der Waals surface area contributed by atoms with Gasteiger partial charge in [0.1, 0.15) is 0 Å². The van der Waals surface area contributed by atoms with E-state index in [4.69, 9.17) is 9.47 Å². The van der Waals surface area contributed by atoms with Crippen LogP contribution in [0.3, 0.4) is 0 Å². The number of hydrogen-bond acceptors (Lipinski definition) is 3. The number of anilines is 1. The molecule has 2 aromatic carbocycles. The smallest absolute Gasteiger partial charge is 0.319 e. The van der Waals surface area contributed by atoms with E-state index in [0.717, 1.165) is 16.8 Å². The molecule has 0 aromatic heterocycles. The van der Waals surface area contributed by atoms with Crippen LogP contribution in [0.1, 0.15) is 45.7 Å². The highest BCUT2D eigenvalue weighted by atomic mass is 16.5. The zero-order valence-corrected chi connectivity index (χ0v) is 18.0. The third-order valence-electron chi connectivity index (χ3n) is 4.84. The monoisotopic (exact) mass is 384 g/mol. The zero-order valence-electron chi connectivity index (χ0n) is 18.0. The Balaban J connectivity index is 2.08. The lowest BCUT2D eigenvalue weighted by Gasteiger charge is -2.27. The highest BCUT2D eigenvalue weighted by Crippen LogP contribution is 2.33. The van der Waals surface area contributed by atoms with Crippen molar-refractivity contribution in [1.29, 1.82) is 0 Å². The van der Waals surface area contributed by atoms with Gasteiger partial charge in [-0.2, -0.15) is 0 Å². The number of methoxy groups -OCH3 is 2. The van der Waals surface area contributed by atoms with E-state index in [1.807, 2.05) is 42.5 Å². The lowest BCUT2D eigenvalue weighted by molar-refractivity contribution is 0.249. The first kappa shape index (κ1) is 21.6. The normalized spacial score (nSPS) is 11.7. The van der Waals surface area contributed by atoms with E-state index in [0.29, 0.717) is 18.0 Å². The predicted octanol–water partition coefficient (Wildman–Crippen LogP) is 5.10. The van der Waals surface area contributed by atoms with Gasteiger partial charge in [0.15, 0.2) is 11.5 Å². The number of nitrogens with one attached hydrogen (secondary N) is 2. The number of urea groups is 1. The second kappa shape index (κ2) is 8.55. The number of benzene rings is 2. The minimum absolute atomic E-state index is 0.0528. The van der Waals surface area contributed by atoms with Crippen LogP contribution in [0, 0.1) is 0 Å². The maximum absolute atomic E-state index is 12.5. The second-order valence-corrected chi connectivity index (χ2v) is 8.56. The summed E-state index contributed by atoms with van der Waals surface area (Å²) >= 11 is 0. The molecular weight excluding hydrogens is 352 g/mol. The number of carbonyl (C=O) groups excluding carboxylic acids is 1. The van der Waals surface area contributed by atoms with Gasteiger partial charge in [0.2, 0.25) is 0 Å². The predicted molar refractivity (Wildman–Crippen MR) is 115 cm³/mol. The molecule has 0 heterocycles. The Bertz CT molecular complexity index is 823. The van der Waals surface area contributed by atoms with Crippen LogP contribution in [0.15, 0.2) is 42.5 Å². The van der Waals surface area contributed by atoms with Crippen molar-refractivity contribution in [3.8, 4) is 11.5 Å². The zero-order chi connectivity index (χ0) is 20.9. The molecule has 28 heavy (non-hydrogen) atoms. The minimum atomic E-state index is -0.277. The average molecular weight is 385 g/mol. The summed E-state index contributed by atoms with van der Waals surface area (Å²) in [6.45, 7) is 11.0. The largest absolute Gasteiger partial charge is 0.493 e. The highest BCUT2D eigenvalue weighted by Gasteiger charge is 2.24. The number of hydrogen-bond donors (Lipinski definition) is 2. The van der Waals surface area contributed by atoms with Crippen molar-refractivity contribution < 1.29 is 14.3 Å². The summed E-state index contributed by atoms with van der Waals surface area (Å²) in [6.07, 6.45) is 0. The molecule has 0 atom stereocenters. The lowest BCUT2D eigenvalue weighted by atomic mass is 9.84. The quantitative estimate of drug-likeness (QED) is 0.728. The summed E-state index contributed by atoms with van der Waals surface area (Å²) in [4.78, 5) is 12.5. The fourth-order valence-corrected chi connectivity index (χ4v) is 3.07. The summed E-state index contributed by atoms with van der Waals surface area (Å²) in [5.41, 5.74) is 2.66. The maximum atomic E-state index is 12.5. The van der Waals surface area contributed by atoms with Crippen LogP contribution >= 0.6 is 0 Å². The molecule has 0 unspecified atom stereocenters. The van der Waals surface area contributed by atoms with Crippen LogP contribution in [0.2, 0.25) is 0 Å². The number of carbonyl (C=O) groups is 1. The van der Waals surface area contributed by atoms with Gasteiger partial charge in [-0.1, -0.05) is 58.9 Å². The van der Waals surface area contributed by atoms with Gasteiger partial charge in [-0.05, 0) is 34.7 Å². The highest BCUT2D eigenvalue weighted by molar-refractivity contribution is 5.90. The van der Waals surface area contributed by atoms with Gasteiger partial charge in [-0.3, -0.25) is 0 Å². The molecule has 0 fully saturated rings. The molecule has 0 radical (unpaired) electrons. The van der Waals surface area contributed by atoms with Crippen LogP contribution in [-0.2, 0) is 10.8 Å². The summed E-state index contributed by atoms with van der Waals surface area (Å²) in [6, 6.07) is 13.5. The number of rotatable bonds is 6. The van der Waals surface area contributed by atoms with Crippen molar-refractivity contribution in [3.63, 3.8) is 0 Å². The molecule has 0 aliphatic heterocycles. The first-order valence-corrected chi connectivity index (χ1v) is 9.45. The molecule has 2 aromatic rings. The summed E-state index contributed by atoms with van der Waals surface area (Å²) in [5, 5.41) is 5.98. The molecule has 0 spiro atoms. The van der Waals surface area contributed by atoms with Crippen molar-refractivity contribution in [1.82, 2.24) is 5.32 Å². The Morgan fingerprint density at radius 3 is 2.18 bits per heavy atom. The summed E-state index contributed by atoms with van der Waals surface area (Å²) in [7, 11) is 3.23. The van der Waals surface area contributed by atoms with E-state index in [1.54, 1.807) is 14.2 Å².